The normalized spacial score (nSPS) is 24.1. The van der Waals surface area contributed by atoms with E-state index in [2.05, 4.69) is 29.6 Å². The van der Waals surface area contributed by atoms with E-state index in [0.29, 0.717) is 17.6 Å². The predicted molar refractivity (Wildman–Crippen MR) is 128 cm³/mol. The van der Waals surface area contributed by atoms with Crippen molar-refractivity contribution < 1.29 is 14.2 Å². The lowest BCUT2D eigenvalue weighted by Gasteiger charge is -2.24. The second-order valence-corrected chi connectivity index (χ2v) is 8.83. The average Bonchev–Trinajstić information content (AvgIpc) is 3.36. The lowest BCUT2D eigenvalue weighted by atomic mass is 9.90. The van der Waals surface area contributed by atoms with E-state index >= 15 is 0 Å². The highest BCUT2D eigenvalue weighted by atomic mass is 16.5. The molecule has 32 heavy (non-hydrogen) atoms. The number of rotatable bonds is 8. The van der Waals surface area contributed by atoms with Crippen LogP contribution >= 0.6 is 0 Å². The monoisotopic (exact) mass is 434 g/mol. The van der Waals surface area contributed by atoms with E-state index in [1.807, 2.05) is 31.3 Å². The van der Waals surface area contributed by atoms with Crippen LogP contribution in [0.25, 0.3) is 5.57 Å². The molecule has 2 unspecified atom stereocenters. The molecule has 5 nitrogen and oxygen atoms in total. The Labute approximate surface area is 191 Å². The number of anilines is 1. The van der Waals surface area contributed by atoms with Crippen molar-refractivity contribution >= 4 is 11.3 Å². The van der Waals surface area contributed by atoms with E-state index in [0.717, 1.165) is 74.5 Å². The Bertz CT molecular complexity index is 900. The zero-order valence-corrected chi connectivity index (χ0v) is 19.0. The molecule has 5 heteroatoms. The van der Waals surface area contributed by atoms with Crippen molar-refractivity contribution in [3.63, 3.8) is 0 Å². The van der Waals surface area contributed by atoms with Crippen LogP contribution in [0.2, 0.25) is 0 Å². The zero-order chi connectivity index (χ0) is 22.2. The van der Waals surface area contributed by atoms with Crippen molar-refractivity contribution in [2.24, 2.45) is 5.92 Å². The summed E-state index contributed by atoms with van der Waals surface area (Å²) in [7, 11) is 1.88. The summed E-state index contributed by atoms with van der Waals surface area (Å²) in [6.07, 6.45) is 16.9. The van der Waals surface area contributed by atoms with Gasteiger partial charge in [0, 0.05) is 43.8 Å². The highest BCUT2D eigenvalue weighted by Crippen LogP contribution is 2.31. The van der Waals surface area contributed by atoms with Gasteiger partial charge in [-0.2, -0.15) is 5.26 Å². The Balaban J connectivity index is 1.40. The molecule has 0 radical (unpaired) electrons. The first-order valence-corrected chi connectivity index (χ1v) is 11.9. The average molecular weight is 435 g/mol. The van der Waals surface area contributed by atoms with Gasteiger partial charge in [-0.3, -0.25) is 0 Å². The summed E-state index contributed by atoms with van der Waals surface area (Å²) >= 11 is 0. The minimum atomic E-state index is 0.191. The second-order valence-electron chi connectivity index (χ2n) is 8.83. The van der Waals surface area contributed by atoms with Gasteiger partial charge < -0.3 is 19.5 Å². The van der Waals surface area contributed by atoms with Crippen LogP contribution < -0.4 is 10.1 Å². The van der Waals surface area contributed by atoms with Gasteiger partial charge >= 0.3 is 0 Å². The van der Waals surface area contributed by atoms with E-state index in [9.17, 15) is 5.26 Å². The molecule has 0 amide bonds. The Morgan fingerprint density at radius 3 is 2.78 bits per heavy atom. The van der Waals surface area contributed by atoms with Crippen LogP contribution in [0.15, 0.2) is 48.1 Å². The van der Waals surface area contributed by atoms with Gasteiger partial charge in [-0.1, -0.05) is 18.2 Å². The highest BCUT2D eigenvalue weighted by Gasteiger charge is 2.19. The summed E-state index contributed by atoms with van der Waals surface area (Å²) in [6, 6.07) is 8.32. The first-order valence-electron chi connectivity index (χ1n) is 11.9. The Morgan fingerprint density at radius 1 is 1.22 bits per heavy atom. The molecule has 1 aromatic rings. The second kappa shape index (κ2) is 11.4. The van der Waals surface area contributed by atoms with Crippen LogP contribution in [-0.2, 0) is 9.47 Å². The summed E-state index contributed by atoms with van der Waals surface area (Å²) in [5.41, 5.74) is 3.54. The van der Waals surface area contributed by atoms with Gasteiger partial charge in [0.05, 0.1) is 31.0 Å². The van der Waals surface area contributed by atoms with Crippen molar-refractivity contribution in [3.05, 3.63) is 53.6 Å². The van der Waals surface area contributed by atoms with E-state index < -0.39 is 0 Å². The Hall–Kier alpha value is -2.55. The summed E-state index contributed by atoms with van der Waals surface area (Å²) < 4.78 is 17.3. The Kier molecular flexibility index (Phi) is 8.03. The van der Waals surface area contributed by atoms with Gasteiger partial charge in [0.1, 0.15) is 11.9 Å². The minimum Gasteiger partial charge on any atom is -0.490 e. The third-order valence-corrected chi connectivity index (χ3v) is 6.55. The van der Waals surface area contributed by atoms with Crippen molar-refractivity contribution in [2.45, 2.75) is 57.2 Å². The van der Waals surface area contributed by atoms with Gasteiger partial charge in [-0.15, -0.1) is 0 Å². The minimum absolute atomic E-state index is 0.191. The largest absolute Gasteiger partial charge is 0.490 e. The number of hydrogen-bond acceptors (Lipinski definition) is 5. The van der Waals surface area contributed by atoms with Crippen LogP contribution in [-0.4, -0.2) is 39.1 Å². The van der Waals surface area contributed by atoms with Gasteiger partial charge in [0.25, 0.3) is 0 Å². The SMILES string of the molecule is CNc1cc(OC2CCOCC2)ccc1/C(C#N)=C/C1=CCC(CCC2CCCO2)C=C1. The van der Waals surface area contributed by atoms with Crippen molar-refractivity contribution in [3.8, 4) is 11.8 Å². The van der Waals surface area contributed by atoms with Crippen LogP contribution in [0.4, 0.5) is 5.69 Å². The molecular weight excluding hydrogens is 400 g/mol. The molecule has 2 heterocycles. The molecule has 2 fully saturated rings. The van der Waals surface area contributed by atoms with E-state index in [4.69, 9.17) is 14.2 Å². The molecule has 0 spiro atoms. The predicted octanol–water partition coefficient (Wildman–Crippen LogP) is 5.65. The van der Waals surface area contributed by atoms with E-state index in [1.165, 1.54) is 12.8 Å². The van der Waals surface area contributed by atoms with Gasteiger partial charge in [0.2, 0.25) is 0 Å². The molecule has 1 N–H and O–H groups in total. The third kappa shape index (κ3) is 6.03. The fraction of sp³-hybridized carbons (Fsp3) is 0.519. The number of nitrogens with one attached hydrogen (secondary N) is 1. The Morgan fingerprint density at radius 2 is 2.09 bits per heavy atom. The molecule has 0 aromatic heterocycles. The van der Waals surface area contributed by atoms with Crippen molar-refractivity contribution in [1.82, 2.24) is 0 Å². The number of nitrogens with zero attached hydrogens (tertiary/aromatic N) is 1. The van der Waals surface area contributed by atoms with Crippen LogP contribution in [0.1, 0.15) is 50.5 Å². The maximum Gasteiger partial charge on any atom is 0.121 e. The van der Waals surface area contributed by atoms with Gasteiger partial charge in [-0.05, 0) is 61.8 Å². The molecule has 1 aliphatic carbocycles. The fourth-order valence-corrected chi connectivity index (χ4v) is 4.64. The third-order valence-electron chi connectivity index (χ3n) is 6.55. The lowest BCUT2D eigenvalue weighted by Crippen LogP contribution is -2.25. The van der Waals surface area contributed by atoms with Crippen LogP contribution in [0.5, 0.6) is 5.75 Å². The first-order chi connectivity index (χ1) is 15.7. The van der Waals surface area contributed by atoms with Crippen molar-refractivity contribution in [2.75, 3.05) is 32.2 Å². The molecule has 170 valence electrons. The molecule has 1 aromatic carbocycles. The number of allylic oxidation sites excluding steroid dienone is 6. The topological polar surface area (TPSA) is 63.5 Å². The quantitative estimate of drug-likeness (QED) is 0.535. The number of benzene rings is 1. The zero-order valence-electron chi connectivity index (χ0n) is 19.0. The van der Waals surface area contributed by atoms with E-state index in [-0.39, 0.29) is 6.10 Å². The number of hydrogen-bond donors (Lipinski definition) is 1. The smallest absolute Gasteiger partial charge is 0.121 e. The maximum absolute atomic E-state index is 9.86. The number of nitriles is 1. The lowest BCUT2D eigenvalue weighted by molar-refractivity contribution is 0.0256. The fourth-order valence-electron chi connectivity index (χ4n) is 4.64. The molecular formula is C27H34N2O3. The molecule has 2 saturated heterocycles. The highest BCUT2D eigenvalue weighted by molar-refractivity contribution is 5.86. The van der Waals surface area contributed by atoms with E-state index in [1.54, 1.807) is 0 Å². The summed E-state index contributed by atoms with van der Waals surface area (Å²) in [6.45, 7) is 2.43. The van der Waals surface area contributed by atoms with Gasteiger partial charge in [-0.25, -0.2) is 0 Å². The van der Waals surface area contributed by atoms with Crippen LogP contribution in [0, 0.1) is 17.2 Å². The summed E-state index contributed by atoms with van der Waals surface area (Å²) in [4.78, 5) is 0. The number of ether oxygens (including phenoxy) is 3. The molecule has 3 aliphatic rings. The summed E-state index contributed by atoms with van der Waals surface area (Å²) in [5, 5.41) is 13.1. The first kappa shape index (κ1) is 22.6. The molecule has 2 atom stereocenters. The van der Waals surface area contributed by atoms with Crippen molar-refractivity contribution in [1.29, 1.82) is 5.26 Å². The van der Waals surface area contributed by atoms with Crippen LogP contribution in [0.3, 0.4) is 0 Å². The standard InChI is InChI=1S/C27H34N2O3/c1-29-27-18-25(32-24-12-15-30-16-13-24)10-11-26(27)22(19-28)17-21-6-4-20(5-7-21)8-9-23-3-2-14-31-23/h4,6-7,10-11,17-18,20,23-24,29H,2-3,5,8-9,12-16H2,1H3/b22-17+. The molecule has 0 saturated carbocycles. The molecule has 4 rings (SSSR count). The molecule has 2 aliphatic heterocycles. The molecule has 0 bridgehead atoms. The summed E-state index contributed by atoms with van der Waals surface area (Å²) in [5.74, 6) is 1.39. The van der Waals surface area contributed by atoms with Gasteiger partial charge in [0.15, 0.2) is 0 Å². The maximum atomic E-state index is 9.86.